The standard InChI is InChI=1S/C11H13ClN4O2S/c1-16-7-14-5-8(16)6-15-11-4-9(19(13,17)18)2-3-10(11)12/h2-5,7,15H,6H2,1H3,(H2,13,17,18). The molecule has 3 N–H and O–H groups in total. The van der Waals surface area contributed by atoms with Gasteiger partial charge in [-0.15, -0.1) is 0 Å². The maximum Gasteiger partial charge on any atom is 0.238 e. The van der Waals surface area contributed by atoms with E-state index in [1.54, 1.807) is 12.5 Å². The van der Waals surface area contributed by atoms with E-state index in [0.717, 1.165) is 5.69 Å². The van der Waals surface area contributed by atoms with Gasteiger partial charge in [0, 0.05) is 13.2 Å². The van der Waals surface area contributed by atoms with Crippen LogP contribution in [-0.4, -0.2) is 18.0 Å². The summed E-state index contributed by atoms with van der Waals surface area (Å²) in [5.74, 6) is 0. The van der Waals surface area contributed by atoms with Crippen molar-refractivity contribution in [3.8, 4) is 0 Å². The van der Waals surface area contributed by atoms with Gasteiger partial charge in [-0.1, -0.05) is 11.6 Å². The lowest BCUT2D eigenvalue weighted by molar-refractivity contribution is 0.598. The highest BCUT2D eigenvalue weighted by Crippen LogP contribution is 2.25. The van der Waals surface area contributed by atoms with Crippen molar-refractivity contribution in [3.63, 3.8) is 0 Å². The monoisotopic (exact) mass is 300 g/mol. The van der Waals surface area contributed by atoms with Crippen molar-refractivity contribution in [2.45, 2.75) is 11.4 Å². The summed E-state index contributed by atoms with van der Waals surface area (Å²) in [5, 5.41) is 8.56. The predicted octanol–water partition coefficient (Wildman–Crippen LogP) is 1.33. The number of aryl methyl sites for hydroxylation is 1. The molecule has 0 aliphatic heterocycles. The maximum absolute atomic E-state index is 11.3. The third-order valence-electron chi connectivity index (χ3n) is 2.64. The maximum atomic E-state index is 11.3. The van der Waals surface area contributed by atoms with E-state index in [9.17, 15) is 8.42 Å². The molecule has 0 amide bonds. The minimum atomic E-state index is -3.74. The number of halogens is 1. The van der Waals surface area contributed by atoms with Crippen molar-refractivity contribution in [2.75, 3.05) is 5.32 Å². The molecule has 0 spiro atoms. The molecule has 0 saturated heterocycles. The molecule has 0 fully saturated rings. The normalized spacial score (nSPS) is 11.5. The molecule has 0 radical (unpaired) electrons. The largest absolute Gasteiger partial charge is 0.378 e. The number of primary sulfonamides is 1. The molecule has 2 aromatic rings. The molecule has 19 heavy (non-hydrogen) atoms. The molecule has 102 valence electrons. The van der Waals surface area contributed by atoms with Gasteiger partial charge in [-0.3, -0.25) is 0 Å². The lowest BCUT2D eigenvalue weighted by Crippen LogP contribution is -2.12. The quantitative estimate of drug-likeness (QED) is 0.891. The van der Waals surface area contributed by atoms with Gasteiger partial charge < -0.3 is 9.88 Å². The molecule has 1 heterocycles. The zero-order chi connectivity index (χ0) is 14.0. The Labute approximate surface area is 116 Å². The summed E-state index contributed by atoms with van der Waals surface area (Å²) in [4.78, 5) is 4.01. The van der Waals surface area contributed by atoms with E-state index in [2.05, 4.69) is 10.3 Å². The lowest BCUT2D eigenvalue weighted by Gasteiger charge is -2.10. The number of benzene rings is 1. The summed E-state index contributed by atoms with van der Waals surface area (Å²) in [5.41, 5.74) is 1.45. The average molecular weight is 301 g/mol. The molecule has 0 saturated carbocycles. The Morgan fingerprint density at radius 3 is 2.79 bits per heavy atom. The van der Waals surface area contributed by atoms with Crippen molar-refractivity contribution >= 4 is 27.3 Å². The number of rotatable bonds is 4. The summed E-state index contributed by atoms with van der Waals surface area (Å²) in [6, 6.07) is 4.27. The van der Waals surface area contributed by atoms with E-state index in [1.165, 1.54) is 18.2 Å². The van der Waals surface area contributed by atoms with Gasteiger partial charge >= 0.3 is 0 Å². The molecule has 6 nitrogen and oxygen atoms in total. The smallest absolute Gasteiger partial charge is 0.238 e. The summed E-state index contributed by atoms with van der Waals surface area (Å²) in [7, 11) is -1.87. The number of aromatic nitrogens is 2. The zero-order valence-electron chi connectivity index (χ0n) is 10.2. The third kappa shape index (κ3) is 3.25. The van der Waals surface area contributed by atoms with Gasteiger partial charge in [-0.2, -0.15) is 0 Å². The molecule has 0 aliphatic rings. The summed E-state index contributed by atoms with van der Waals surface area (Å²) >= 11 is 6.01. The fourth-order valence-electron chi connectivity index (χ4n) is 1.56. The molecular weight excluding hydrogens is 288 g/mol. The average Bonchev–Trinajstić information content (AvgIpc) is 2.72. The number of nitrogens with one attached hydrogen (secondary N) is 1. The minimum Gasteiger partial charge on any atom is -0.378 e. The number of hydrogen-bond donors (Lipinski definition) is 2. The van der Waals surface area contributed by atoms with Crippen LogP contribution in [-0.2, 0) is 23.6 Å². The van der Waals surface area contributed by atoms with Crippen LogP contribution in [0.3, 0.4) is 0 Å². The van der Waals surface area contributed by atoms with Crippen LogP contribution in [0.25, 0.3) is 0 Å². The third-order valence-corrected chi connectivity index (χ3v) is 3.88. The Balaban J connectivity index is 2.23. The second-order valence-electron chi connectivity index (χ2n) is 4.04. The van der Waals surface area contributed by atoms with Crippen LogP contribution < -0.4 is 10.5 Å². The van der Waals surface area contributed by atoms with Gasteiger partial charge in [0.05, 0.1) is 34.2 Å². The van der Waals surface area contributed by atoms with E-state index in [1.807, 2.05) is 11.6 Å². The molecule has 1 aromatic heterocycles. The van der Waals surface area contributed by atoms with Crippen LogP contribution >= 0.6 is 11.6 Å². The number of anilines is 1. The second kappa shape index (κ2) is 5.20. The first-order chi connectivity index (χ1) is 8.88. The van der Waals surface area contributed by atoms with Gasteiger partial charge in [-0.05, 0) is 18.2 Å². The Morgan fingerprint density at radius 1 is 1.47 bits per heavy atom. The van der Waals surface area contributed by atoms with E-state index in [0.29, 0.717) is 17.3 Å². The fourth-order valence-corrected chi connectivity index (χ4v) is 2.28. The molecule has 2 rings (SSSR count). The molecule has 1 aromatic carbocycles. The molecule has 0 bridgehead atoms. The van der Waals surface area contributed by atoms with Crippen LogP contribution in [0, 0.1) is 0 Å². The van der Waals surface area contributed by atoms with Crippen molar-refractivity contribution in [1.82, 2.24) is 9.55 Å². The Kier molecular flexibility index (Phi) is 3.79. The van der Waals surface area contributed by atoms with Crippen LogP contribution in [0.2, 0.25) is 5.02 Å². The molecule has 0 unspecified atom stereocenters. The van der Waals surface area contributed by atoms with Crippen LogP contribution in [0.15, 0.2) is 35.6 Å². The summed E-state index contributed by atoms with van der Waals surface area (Å²) in [6.07, 6.45) is 3.39. The number of nitrogens with zero attached hydrogens (tertiary/aromatic N) is 2. The minimum absolute atomic E-state index is 0.0180. The van der Waals surface area contributed by atoms with E-state index in [-0.39, 0.29) is 4.90 Å². The van der Waals surface area contributed by atoms with Crippen molar-refractivity contribution in [1.29, 1.82) is 0 Å². The first-order valence-electron chi connectivity index (χ1n) is 5.39. The van der Waals surface area contributed by atoms with Gasteiger partial charge in [0.2, 0.25) is 10.0 Å². The SMILES string of the molecule is Cn1cncc1CNc1cc(S(N)(=O)=O)ccc1Cl. The Hall–Kier alpha value is -1.57. The second-order valence-corrected chi connectivity index (χ2v) is 6.00. The number of imidazole rings is 1. The van der Waals surface area contributed by atoms with E-state index >= 15 is 0 Å². The number of hydrogen-bond acceptors (Lipinski definition) is 4. The Morgan fingerprint density at radius 2 is 2.21 bits per heavy atom. The number of nitrogens with two attached hydrogens (primary N) is 1. The predicted molar refractivity (Wildman–Crippen MR) is 73.4 cm³/mol. The van der Waals surface area contributed by atoms with E-state index in [4.69, 9.17) is 16.7 Å². The molecular formula is C11H13ClN4O2S. The number of sulfonamides is 1. The van der Waals surface area contributed by atoms with Crippen molar-refractivity contribution in [3.05, 3.63) is 41.4 Å². The summed E-state index contributed by atoms with van der Waals surface area (Å²) < 4.78 is 24.4. The Bertz CT molecular complexity index is 696. The topological polar surface area (TPSA) is 90.0 Å². The lowest BCUT2D eigenvalue weighted by atomic mass is 10.3. The fraction of sp³-hybridized carbons (Fsp3) is 0.182. The van der Waals surface area contributed by atoms with Gasteiger partial charge in [0.25, 0.3) is 0 Å². The highest BCUT2D eigenvalue weighted by molar-refractivity contribution is 7.89. The first kappa shape index (κ1) is 13.9. The van der Waals surface area contributed by atoms with Crippen molar-refractivity contribution < 1.29 is 8.42 Å². The molecule has 0 aliphatic carbocycles. The van der Waals surface area contributed by atoms with Gasteiger partial charge in [0.1, 0.15) is 0 Å². The van der Waals surface area contributed by atoms with Gasteiger partial charge in [0.15, 0.2) is 0 Å². The van der Waals surface area contributed by atoms with E-state index < -0.39 is 10.0 Å². The molecule has 8 heteroatoms. The van der Waals surface area contributed by atoms with Crippen LogP contribution in [0.1, 0.15) is 5.69 Å². The summed E-state index contributed by atoms with van der Waals surface area (Å²) in [6.45, 7) is 0.476. The zero-order valence-corrected chi connectivity index (χ0v) is 11.7. The highest BCUT2D eigenvalue weighted by atomic mass is 35.5. The van der Waals surface area contributed by atoms with Crippen molar-refractivity contribution in [2.24, 2.45) is 12.2 Å². The molecule has 0 atom stereocenters. The first-order valence-corrected chi connectivity index (χ1v) is 7.32. The van der Waals surface area contributed by atoms with Gasteiger partial charge in [-0.25, -0.2) is 18.5 Å². The highest BCUT2D eigenvalue weighted by Gasteiger charge is 2.11. The van der Waals surface area contributed by atoms with Crippen LogP contribution in [0.4, 0.5) is 5.69 Å². The van der Waals surface area contributed by atoms with Crippen LogP contribution in [0.5, 0.6) is 0 Å².